The first-order valence-electron chi connectivity index (χ1n) is 6.84. The molecule has 0 fully saturated rings. The molecule has 0 amide bonds. The van der Waals surface area contributed by atoms with Gasteiger partial charge in [-0.2, -0.15) is 0 Å². The Morgan fingerprint density at radius 3 is 2.65 bits per heavy atom. The monoisotopic (exact) mass is 349 g/mol. The number of hydrogen-bond donors (Lipinski definition) is 1. The lowest BCUT2D eigenvalue weighted by molar-refractivity contribution is 0.601. The Hall–Kier alpha value is -2.06. The standard InChI is InChI=1S/C15H15N3O3S2/c1-10-13(16-8-7-14(10)23(2,20)21)9-22(19)15-17-11-5-3-4-6-12(11)18-15/h3-8H,9H2,1-2H3,(H,17,18). The Morgan fingerprint density at radius 2 is 1.96 bits per heavy atom. The minimum atomic E-state index is -3.34. The average Bonchev–Trinajstić information content (AvgIpc) is 2.92. The molecule has 6 nitrogen and oxygen atoms in total. The van der Waals surface area contributed by atoms with Gasteiger partial charge < -0.3 is 4.98 Å². The van der Waals surface area contributed by atoms with Crippen molar-refractivity contribution in [2.45, 2.75) is 22.7 Å². The molecule has 0 bridgehead atoms. The SMILES string of the molecule is Cc1c(S(C)(=O)=O)ccnc1CS(=O)c1nc2ccccc2[nH]1. The molecule has 0 spiro atoms. The summed E-state index contributed by atoms with van der Waals surface area (Å²) in [5, 5.41) is 0.358. The number of rotatable bonds is 4. The second-order valence-corrected chi connectivity index (χ2v) is 8.55. The van der Waals surface area contributed by atoms with Crippen molar-refractivity contribution in [1.82, 2.24) is 15.0 Å². The number of hydrogen-bond acceptors (Lipinski definition) is 5. The predicted octanol–water partition coefficient (Wildman–Crippen LogP) is 1.98. The average molecular weight is 349 g/mol. The van der Waals surface area contributed by atoms with Crippen molar-refractivity contribution in [2.24, 2.45) is 0 Å². The zero-order chi connectivity index (χ0) is 16.6. The van der Waals surface area contributed by atoms with Crippen LogP contribution in [0.15, 0.2) is 46.6 Å². The fourth-order valence-electron chi connectivity index (χ4n) is 2.34. The molecule has 1 atom stereocenters. The highest BCUT2D eigenvalue weighted by Gasteiger charge is 2.17. The molecule has 0 aliphatic carbocycles. The molecule has 2 heterocycles. The van der Waals surface area contributed by atoms with E-state index in [2.05, 4.69) is 15.0 Å². The maximum absolute atomic E-state index is 12.5. The van der Waals surface area contributed by atoms with Crippen molar-refractivity contribution in [3.63, 3.8) is 0 Å². The molecule has 23 heavy (non-hydrogen) atoms. The van der Waals surface area contributed by atoms with Crippen LogP contribution in [0, 0.1) is 6.92 Å². The second kappa shape index (κ2) is 5.86. The number of aromatic nitrogens is 3. The topological polar surface area (TPSA) is 92.8 Å². The zero-order valence-corrected chi connectivity index (χ0v) is 14.2. The highest BCUT2D eigenvalue weighted by atomic mass is 32.2. The Balaban J connectivity index is 1.94. The van der Waals surface area contributed by atoms with Crippen LogP contribution in [0.3, 0.4) is 0 Å². The van der Waals surface area contributed by atoms with Crippen LogP contribution in [0.25, 0.3) is 11.0 Å². The predicted molar refractivity (Wildman–Crippen MR) is 88.3 cm³/mol. The van der Waals surface area contributed by atoms with Gasteiger partial charge in [0.05, 0.1) is 38.2 Å². The number of H-pyrrole nitrogens is 1. The first kappa shape index (κ1) is 15.8. The largest absolute Gasteiger partial charge is 0.331 e. The summed E-state index contributed by atoms with van der Waals surface area (Å²) in [6.07, 6.45) is 2.57. The molecule has 8 heteroatoms. The Bertz CT molecular complexity index is 977. The molecule has 0 aliphatic rings. The lowest BCUT2D eigenvalue weighted by Gasteiger charge is -2.08. The quantitative estimate of drug-likeness (QED) is 0.777. The fourth-order valence-corrected chi connectivity index (χ4v) is 4.42. The van der Waals surface area contributed by atoms with Crippen LogP contribution in [-0.2, 0) is 26.4 Å². The van der Waals surface area contributed by atoms with Crippen LogP contribution in [0.1, 0.15) is 11.3 Å². The van der Waals surface area contributed by atoms with Crippen LogP contribution >= 0.6 is 0 Å². The van der Waals surface area contributed by atoms with Gasteiger partial charge in [0.25, 0.3) is 0 Å². The highest BCUT2D eigenvalue weighted by molar-refractivity contribution is 7.90. The van der Waals surface area contributed by atoms with Gasteiger partial charge in [0.15, 0.2) is 15.0 Å². The fraction of sp³-hybridized carbons (Fsp3) is 0.200. The maximum Gasteiger partial charge on any atom is 0.197 e. The van der Waals surface area contributed by atoms with Gasteiger partial charge in [-0.3, -0.25) is 9.19 Å². The van der Waals surface area contributed by atoms with E-state index in [0.717, 1.165) is 17.3 Å². The molecule has 3 rings (SSSR count). The minimum Gasteiger partial charge on any atom is -0.331 e. The Morgan fingerprint density at radius 1 is 1.22 bits per heavy atom. The van der Waals surface area contributed by atoms with Crippen LogP contribution < -0.4 is 0 Å². The number of nitrogens with zero attached hydrogens (tertiary/aromatic N) is 2. The van der Waals surface area contributed by atoms with Gasteiger partial charge >= 0.3 is 0 Å². The van der Waals surface area contributed by atoms with Gasteiger partial charge in [-0.05, 0) is 30.7 Å². The molecule has 1 N–H and O–H groups in total. The summed E-state index contributed by atoms with van der Waals surface area (Å²) in [5.74, 6) is 0.106. The van der Waals surface area contributed by atoms with Crippen molar-refractivity contribution >= 4 is 31.7 Å². The van der Waals surface area contributed by atoms with Crippen molar-refractivity contribution in [1.29, 1.82) is 0 Å². The highest BCUT2D eigenvalue weighted by Crippen LogP contribution is 2.20. The summed E-state index contributed by atoms with van der Waals surface area (Å²) in [4.78, 5) is 11.7. The molecule has 1 aromatic carbocycles. The van der Waals surface area contributed by atoms with Gasteiger partial charge in [0, 0.05) is 12.5 Å². The summed E-state index contributed by atoms with van der Waals surface area (Å²) in [5.41, 5.74) is 2.57. The third-order valence-corrected chi connectivity index (χ3v) is 5.91. The molecule has 0 saturated heterocycles. The normalized spacial score (nSPS) is 13.3. The third-order valence-electron chi connectivity index (χ3n) is 3.51. The Labute approximate surface area is 136 Å². The van der Waals surface area contributed by atoms with Gasteiger partial charge in [-0.15, -0.1) is 0 Å². The zero-order valence-electron chi connectivity index (χ0n) is 12.6. The van der Waals surface area contributed by atoms with Gasteiger partial charge in [-0.1, -0.05) is 12.1 Å². The van der Waals surface area contributed by atoms with Crippen LogP contribution in [0.4, 0.5) is 0 Å². The summed E-state index contributed by atoms with van der Waals surface area (Å²) in [7, 11) is -4.78. The van der Waals surface area contributed by atoms with E-state index in [1.165, 1.54) is 12.3 Å². The van der Waals surface area contributed by atoms with E-state index in [4.69, 9.17) is 0 Å². The number of pyridine rings is 1. The van der Waals surface area contributed by atoms with Crippen LogP contribution in [0.5, 0.6) is 0 Å². The summed E-state index contributed by atoms with van der Waals surface area (Å²) in [6, 6.07) is 8.88. The molecular weight excluding hydrogens is 334 g/mol. The number of imidazole rings is 1. The lowest BCUT2D eigenvalue weighted by atomic mass is 10.2. The smallest absolute Gasteiger partial charge is 0.197 e. The number of para-hydroxylation sites is 2. The number of nitrogens with one attached hydrogen (secondary N) is 1. The van der Waals surface area contributed by atoms with Crippen molar-refractivity contribution in [3.05, 3.63) is 47.8 Å². The van der Waals surface area contributed by atoms with E-state index >= 15 is 0 Å². The second-order valence-electron chi connectivity index (χ2n) is 5.20. The first-order chi connectivity index (χ1) is 10.9. The van der Waals surface area contributed by atoms with E-state index in [1.54, 1.807) is 6.92 Å². The summed E-state index contributed by atoms with van der Waals surface area (Å²) >= 11 is 0. The molecule has 2 aromatic heterocycles. The minimum absolute atomic E-state index is 0.106. The third kappa shape index (κ3) is 3.18. The molecule has 0 saturated carbocycles. The van der Waals surface area contributed by atoms with E-state index in [1.807, 2.05) is 24.3 Å². The Kier molecular flexibility index (Phi) is 4.03. The number of sulfone groups is 1. The summed E-state index contributed by atoms with van der Waals surface area (Å²) < 4.78 is 36.0. The van der Waals surface area contributed by atoms with Crippen molar-refractivity contribution in [3.8, 4) is 0 Å². The lowest BCUT2D eigenvalue weighted by Crippen LogP contribution is -2.07. The van der Waals surface area contributed by atoms with Gasteiger partial charge in [0.1, 0.15) is 0 Å². The van der Waals surface area contributed by atoms with E-state index in [0.29, 0.717) is 16.4 Å². The maximum atomic E-state index is 12.5. The van der Waals surface area contributed by atoms with Gasteiger partial charge in [0.2, 0.25) is 0 Å². The number of aromatic amines is 1. The molecule has 1 unspecified atom stereocenters. The van der Waals surface area contributed by atoms with Gasteiger partial charge in [-0.25, -0.2) is 13.4 Å². The van der Waals surface area contributed by atoms with E-state index in [-0.39, 0.29) is 10.6 Å². The molecule has 3 aromatic rings. The molecule has 120 valence electrons. The molecular formula is C15H15N3O3S2. The van der Waals surface area contributed by atoms with Crippen LogP contribution in [-0.4, -0.2) is 33.8 Å². The van der Waals surface area contributed by atoms with Crippen molar-refractivity contribution in [2.75, 3.05) is 6.26 Å². The number of benzene rings is 1. The van der Waals surface area contributed by atoms with Crippen molar-refractivity contribution < 1.29 is 12.6 Å². The molecule has 0 aliphatic heterocycles. The number of fused-ring (bicyclic) bond motifs is 1. The molecule has 0 radical (unpaired) electrons. The van der Waals surface area contributed by atoms with E-state index in [9.17, 15) is 12.6 Å². The first-order valence-corrected chi connectivity index (χ1v) is 10.0. The summed E-state index contributed by atoms with van der Waals surface area (Å²) in [6.45, 7) is 1.68. The van der Waals surface area contributed by atoms with E-state index < -0.39 is 20.6 Å². The van der Waals surface area contributed by atoms with Crippen LogP contribution in [0.2, 0.25) is 0 Å².